The molecule has 0 saturated heterocycles. The molecule has 6 heteroatoms. The van der Waals surface area contributed by atoms with Crippen LogP contribution < -0.4 is 5.73 Å². The quantitative estimate of drug-likeness (QED) is 0.667. The molecule has 0 spiro atoms. The Morgan fingerprint density at radius 3 is 2.38 bits per heavy atom. The van der Waals surface area contributed by atoms with Crippen molar-refractivity contribution in [2.75, 3.05) is 6.54 Å². The molecule has 148 valence electrons. The van der Waals surface area contributed by atoms with Gasteiger partial charge < -0.3 is 5.73 Å². The van der Waals surface area contributed by atoms with Gasteiger partial charge in [-0.3, -0.25) is 9.11 Å². The summed E-state index contributed by atoms with van der Waals surface area (Å²) >= 11 is 0. The molecule has 3 atom stereocenters. The third-order valence-electron chi connectivity index (χ3n) is 6.63. The zero-order chi connectivity index (χ0) is 19.8. The van der Waals surface area contributed by atoms with E-state index in [2.05, 4.69) is 45.9 Å². The molecule has 0 bridgehead atoms. The topological polar surface area (TPSA) is 101 Å². The molecule has 0 amide bonds. The molecule has 4 N–H and O–H groups in total. The maximum Gasteiger partial charge on any atom is 0.394 e. The molecule has 0 heterocycles. The third-order valence-corrected chi connectivity index (χ3v) is 6.63. The van der Waals surface area contributed by atoms with Crippen LogP contribution in [-0.2, 0) is 22.2 Å². The number of hydrogen-bond acceptors (Lipinski definition) is 3. The molecule has 2 aliphatic rings. The van der Waals surface area contributed by atoms with Crippen LogP contribution >= 0.6 is 0 Å². The van der Waals surface area contributed by atoms with Gasteiger partial charge in [-0.15, -0.1) is 0 Å². The number of rotatable bonds is 2. The van der Waals surface area contributed by atoms with Crippen molar-refractivity contribution >= 4 is 10.4 Å². The monoisotopic (exact) mass is 383 g/mol. The Morgan fingerprint density at radius 1 is 1.23 bits per heavy atom. The summed E-state index contributed by atoms with van der Waals surface area (Å²) in [6.45, 7) is 10.4. The zero-order valence-corrected chi connectivity index (χ0v) is 17.1. The van der Waals surface area contributed by atoms with Crippen molar-refractivity contribution in [1.29, 1.82) is 0 Å². The van der Waals surface area contributed by atoms with Gasteiger partial charge in [0.1, 0.15) is 0 Å². The van der Waals surface area contributed by atoms with Gasteiger partial charge in [0.2, 0.25) is 0 Å². The molecule has 1 aromatic rings. The fourth-order valence-electron chi connectivity index (χ4n) is 5.25. The molecule has 0 aromatic heterocycles. The van der Waals surface area contributed by atoms with Crippen LogP contribution in [0.3, 0.4) is 0 Å². The first-order valence-corrected chi connectivity index (χ1v) is 10.8. The van der Waals surface area contributed by atoms with E-state index in [1.807, 2.05) is 0 Å². The predicted octanol–water partition coefficient (Wildman–Crippen LogP) is 4.13. The summed E-state index contributed by atoms with van der Waals surface area (Å²) in [6.07, 6.45) is 6.53. The van der Waals surface area contributed by atoms with E-state index in [-0.39, 0.29) is 0 Å². The molecule has 0 radical (unpaired) electrons. The Hall–Kier alpha value is -0.950. The van der Waals surface area contributed by atoms with Gasteiger partial charge in [-0.2, -0.15) is 8.42 Å². The average molecular weight is 384 g/mol. The van der Waals surface area contributed by atoms with Crippen LogP contribution in [0.4, 0.5) is 0 Å². The highest BCUT2D eigenvalue weighted by molar-refractivity contribution is 7.79. The molecule has 0 aliphatic heterocycles. The minimum absolute atomic E-state index is 0.335. The van der Waals surface area contributed by atoms with Crippen molar-refractivity contribution in [3.63, 3.8) is 0 Å². The summed E-state index contributed by atoms with van der Waals surface area (Å²) in [4.78, 5) is 0. The van der Waals surface area contributed by atoms with Gasteiger partial charge in [-0.05, 0) is 71.6 Å². The normalized spacial score (nSPS) is 30.8. The average Bonchev–Trinajstić information content (AvgIpc) is 2.52. The highest BCUT2D eigenvalue weighted by Crippen LogP contribution is 2.56. The number of nitrogens with two attached hydrogens (primary N) is 1. The number of hydrogen-bond donors (Lipinski definition) is 3. The molecule has 1 fully saturated rings. The zero-order valence-electron chi connectivity index (χ0n) is 16.3. The molecule has 26 heavy (non-hydrogen) atoms. The second-order valence-electron chi connectivity index (χ2n) is 8.74. The Balaban J connectivity index is 0.000000431. The Bertz CT molecular complexity index is 738. The van der Waals surface area contributed by atoms with Crippen LogP contribution in [0.2, 0.25) is 0 Å². The summed E-state index contributed by atoms with van der Waals surface area (Å²) in [5.41, 5.74) is 11.6. The minimum atomic E-state index is -4.67. The summed E-state index contributed by atoms with van der Waals surface area (Å²) in [5.74, 6) is 1.38. The van der Waals surface area contributed by atoms with E-state index in [4.69, 9.17) is 23.3 Å². The van der Waals surface area contributed by atoms with Crippen LogP contribution in [0.5, 0.6) is 0 Å². The van der Waals surface area contributed by atoms with E-state index in [9.17, 15) is 0 Å². The highest BCUT2D eigenvalue weighted by atomic mass is 32.3. The van der Waals surface area contributed by atoms with Crippen LogP contribution in [0.1, 0.15) is 76.0 Å². The van der Waals surface area contributed by atoms with E-state index in [1.54, 1.807) is 11.1 Å². The summed E-state index contributed by atoms with van der Waals surface area (Å²) < 4.78 is 31.6. The van der Waals surface area contributed by atoms with Gasteiger partial charge in [-0.25, -0.2) is 0 Å². The van der Waals surface area contributed by atoms with Gasteiger partial charge in [0.15, 0.2) is 0 Å². The lowest BCUT2D eigenvalue weighted by Crippen LogP contribution is -2.51. The van der Waals surface area contributed by atoms with Crippen LogP contribution in [0, 0.1) is 11.3 Å². The number of benzene rings is 1. The van der Waals surface area contributed by atoms with E-state index in [0.29, 0.717) is 16.7 Å². The second-order valence-corrected chi connectivity index (χ2v) is 9.64. The Kier molecular flexibility index (Phi) is 6.23. The van der Waals surface area contributed by atoms with Crippen LogP contribution in [-0.4, -0.2) is 24.1 Å². The van der Waals surface area contributed by atoms with Crippen molar-refractivity contribution < 1.29 is 17.5 Å². The smallest absolute Gasteiger partial charge is 0.330 e. The summed E-state index contributed by atoms with van der Waals surface area (Å²) in [6, 6.07) is 7.29. The first-order chi connectivity index (χ1) is 11.9. The standard InChI is InChI=1S/C20H31N.H2O4S/c1-14(2)15-6-8-17-16(12-15)7-9-18-19(3,13-21)10-5-11-20(17,18)4;1-5(2,3)4/h6,8,12,14,18H,5,7,9-11,13,21H2,1-4H3;(H2,1,2,3,4)/t18-,19+,20+;/m0./s1. The Labute approximate surface area is 158 Å². The van der Waals surface area contributed by atoms with Gasteiger partial charge in [0.25, 0.3) is 0 Å². The molecule has 0 unspecified atom stereocenters. The molecule has 5 nitrogen and oxygen atoms in total. The first-order valence-electron chi connectivity index (χ1n) is 9.44. The fourth-order valence-corrected chi connectivity index (χ4v) is 5.25. The van der Waals surface area contributed by atoms with Crippen molar-refractivity contribution in [3.8, 4) is 0 Å². The molecular weight excluding hydrogens is 350 g/mol. The van der Waals surface area contributed by atoms with Gasteiger partial charge in [0.05, 0.1) is 0 Å². The van der Waals surface area contributed by atoms with E-state index in [1.165, 1.54) is 37.7 Å². The second kappa shape index (κ2) is 7.58. The third kappa shape index (κ3) is 4.47. The largest absolute Gasteiger partial charge is 0.394 e. The summed E-state index contributed by atoms with van der Waals surface area (Å²) in [7, 11) is -4.67. The van der Waals surface area contributed by atoms with E-state index in [0.717, 1.165) is 12.5 Å². The molecule has 1 saturated carbocycles. The van der Waals surface area contributed by atoms with Crippen LogP contribution in [0.25, 0.3) is 0 Å². The lowest BCUT2D eigenvalue weighted by molar-refractivity contribution is 0.0326. The maximum absolute atomic E-state index is 8.74. The molecular formula is C20H33NO4S. The van der Waals surface area contributed by atoms with Crippen molar-refractivity contribution in [2.24, 2.45) is 17.1 Å². The fraction of sp³-hybridized carbons (Fsp3) is 0.700. The molecule has 1 aromatic carbocycles. The van der Waals surface area contributed by atoms with Crippen molar-refractivity contribution in [2.45, 2.75) is 71.1 Å². The maximum atomic E-state index is 8.74. The molecule has 3 rings (SSSR count). The minimum Gasteiger partial charge on any atom is -0.330 e. The van der Waals surface area contributed by atoms with Gasteiger partial charge in [0, 0.05) is 0 Å². The lowest BCUT2D eigenvalue weighted by Gasteiger charge is -2.55. The van der Waals surface area contributed by atoms with Gasteiger partial charge in [-0.1, -0.05) is 52.3 Å². The predicted molar refractivity (Wildman–Crippen MR) is 105 cm³/mol. The first kappa shape index (κ1) is 21.4. The van der Waals surface area contributed by atoms with Crippen molar-refractivity contribution in [1.82, 2.24) is 0 Å². The lowest BCUT2D eigenvalue weighted by atomic mass is 9.50. The van der Waals surface area contributed by atoms with E-state index >= 15 is 0 Å². The van der Waals surface area contributed by atoms with Gasteiger partial charge >= 0.3 is 10.4 Å². The van der Waals surface area contributed by atoms with Crippen LogP contribution in [0.15, 0.2) is 18.2 Å². The van der Waals surface area contributed by atoms with Crippen molar-refractivity contribution in [3.05, 3.63) is 34.9 Å². The van der Waals surface area contributed by atoms with E-state index < -0.39 is 10.4 Å². The molecule has 2 aliphatic carbocycles. The SMILES string of the molecule is CC(C)c1ccc2c(c1)CC[C@H]1[C@@](C)(CN)CCC[C@]21C.O=S(=O)(O)O. The number of fused-ring (bicyclic) bond motifs is 3. The Morgan fingerprint density at radius 2 is 1.85 bits per heavy atom. The number of aryl methyl sites for hydroxylation is 1. The summed E-state index contributed by atoms with van der Waals surface area (Å²) in [5, 5.41) is 0. The highest BCUT2D eigenvalue weighted by Gasteiger charge is 2.50.